The van der Waals surface area contributed by atoms with Gasteiger partial charge in [0.1, 0.15) is 6.54 Å². The van der Waals surface area contributed by atoms with E-state index in [4.69, 9.17) is 4.11 Å². The summed E-state index contributed by atoms with van der Waals surface area (Å²) < 4.78 is 28.1. The van der Waals surface area contributed by atoms with Gasteiger partial charge in [0.05, 0.1) is 12.6 Å². The van der Waals surface area contributed by atoms with Gasteiger partial charge in [-0.3, -0.25) is 0 Å². The Bertz CT molecular complexity index is 1320. The predicted octanol–water partition coefficient (Wildman–Crippen LogP) is 7.04. The molecule has 0 aliphatic rings. The van der Waals surface area contributed by atoms with Gasteiger partial charge in [-0.1, -0.05) is 75.7 Å². The van der Waals surface area contributed by atoms with E-state index in [2.05, 4.69) is 86.3 Å². The molecule has 0 aliphatic carbocycles. The molecule has 2 nitrogen and oxygen atoms in total. The van der Waals surface area contributed by atoms with Crippen molar-refractivity contribution in [3.63, 3.8) is 0 Å². The van der Waals surface area contributed by atoms with Crippen LogP contribution in [-0.4, -0.2) is 4.57 Å². The first-order valence-corrected chi connectivity index (χ1v) is 11.2. The second-order valence-corrected chi connectivity index (χ2v) is 9.21. The molecule has 0 saturated heterocycles. The van der Waals surface area contributed by atoms with Gasteiger partial charge in [-0.15, -0.1) is 0 Å². The molecule has 0 fully saturated rings. The highest BCUT2D eigenvalue weighted by molar-refractivity contribution is 5.77. The zero-order valence-corrected chi connectivity index (χ0v) is 19.5. The van der Waals surface area contributed by atoms with E-state index < -0.39 is 6.85 Å². The first-order valence-electron chi connectivity index (χ1n) is 12.7. The standard InChI is InChI=1S/C29H35N2/c1-19(2)23-11-10-12-24(20(3)4)26(23)18-31-28-14-9-8-13-27(28)30(7)29(31)25-16-15-21(5)17-22(25)6/h8-17,19-20H,18H2,1-7H3/q+1/i5D3. The van der Waals surface area contributed by atoms with Crippen LogP contribution in [0.4, 0.5) is 0 Å². The third kappa shape index (κ3) is 3.80. The molecule has 4 rings (SSSR count). The number of para-hydroxylation sites is 2. The Labute approximate surface area is 191 Å². The van der Waals surface area contributed by atoms with E-state index in [1.807, 2.05) is 19.1 Å². The number of hydrogen-bond acceptors (Lipinski definition) is 0. The highest BCUT2D eigenvalue weighted by Crippen LogP contribution is 2.32. The molecule has 160 valence electrons. The Kier molecular flexibility index (Phi) is 4.78. The third-order valence-electron chi connectivity index (χ3n) is 6.38. The summed E-state index contributed by atoms with van der Waals surface area (Å²) in [6.45, 7) is 9.70. The van der Waals surface area contributed by atoms with Crippen LogP contribution in [0.1, 0.15) is 71.5 Å². The van der Waals surface area contributed by atoms with E-state index >= 15 is 0 Å². The molecular weight excluding hydrogens is 376 g/mol. The molecule has 3 aromatic carbocycles. The SMILES string of the molecule is [2H]C([2H])([2H])c1ccc(-c2n(Cc3c(C(C)C)cccc3C(C)C)c3ccccc3[n+]2C)c(C)c1. The summed E-state index contributed by atoms with van der Waals surface area (Å²) in [7, 11) is 2.10. The lowest BCUT2D eigenvalue weighted by Crippen LogP contribution is -2.30. The van der Waals surface area contributed by atoms with Crippen molar-refractivity contribution >= 4 is 11.0 Å². The number of aryl methyl sites for hydroxylation is 3. The smallest absolute Gasteiger partial charge is 0.226 e. The van der Waals surface area contributed by atoms with Gasteiger partial charge < -0.3 is 0 Å². The Morgan fingerprint density at radius 1 is 0.903 bits per heavy atom. The largest absolute Gasteiger partial charge is 0.290 e. The molecule has 31 heavy (non-hydrogen) atoms. The van der Waals surface area contributed by atoms with Gasteiger partial charge in [0.25, 0.3) is 5.82 Å². The van der Waals surface area contributed by atoms with Gasteiger partial charge in [-0.2, -0.15) is 0 Å². The van der Waals surface area contributed by atoms with Crippen LogP contribution in [0.25, 0.3) is 22.4 Å². The summed E-state index contributed by atoms with van der Waals surface area (Å²) in [4.78, 5) is 0. The number of aromatic nitrogens is 2. The topological polar surface area (TPSA) is 8.81 Å². The first kappa shape index (κ1) is 17.8. The van der Waals surface area contributed by atoms with Crippen LogP contribution >= 0.6 is 0 Å². The lowest BCUT2D eigenvalue weighted by atomic mass is 9.88. The van der Waals surface area contributed by atoms with Crippen molar-refractivity contribution < 1.29 is 8.68 Å². The van der Waals surface area contributed by atoms with E-state index in [1.165, 1.54) is 22.2 Å². The Balaban J connectivity index is 1.99. The van der Waals surface area contributed by atoms with Crippen LogP contribution in [0.2, 0.25) is 0 Å². The van der Waals surface area contributed by atoms with E-state index in [9.17, 15) is 0 Å². The van der Waals surface area contributed by atoms with Crippen LogP contribution in [0.3, 0.4) is 0 Å². The fourth-order valence-electron chi connectivity index (χ4n) is 4.83. The van der Waals surface area contributed by atoms with Crippen LogP contribution in [0.5, 0.6) is 0 Å². The average molecular weight is 415 g/mol. The summed E-state index contributed by atoms with van der Waals surface area (Å²) in [5, 5.41) is 0. The summed E-state index contributed by atoms with van der Waals surface area (Å²) in [5.74, 6) is 1.94. The van der Waals surface area contributed by atoms with Crippen molar-refractivity contribution in [1.29, 1.82) is 0 Å². The Morgan fingerprint density at radius 2 is 1.58 bits per heavy atom. The van der Waals surface area contributed by atoms with E-state index in [-0.39, 0.29) is 0 Å². The minimum atomic E-state index is -2.11. The molecule has 0 aliphatic heterocycles. The number of imidazole rings is 1. The van der Waals surface area contributed by atoms with Crippen molar-refractivity contribution in [2.24, 2.45) is 7.05 Å². The summed E-state index contributed by atoms with van der Waals surface area (Å²) >= 11 is 0. The van der Waals surface area contributed by atoms with Gasteiger partial charge in [-0.25, -0.2) is 9.13 Å². The molecule has 2 heteroatoms. The van der Waals surface area contributed by atoms with Crippen molar-refractivity contribution in [2.75, 3.05) is 0 Å². The molecule has 0 saturated carbocycles. The predicted molar refractivity (Wildman–Crippen MR) is 132 cm³/mol. The fraction of sp³-hybridized carbons (Fsp3) is 0.345. The monoisotopic (exact) mass is 414 g/mol. The molecule has 0 unspecified atom stereocenters. The van der Waals surface area contributed by atoms with Crippen LogP contribution in [0.15, 0.2) is 60.7 Å². The fourth-order valence-corrected chi connectivity index (χ4v) is 4.83. The van der Waals surface area contributed by atoms with Gasteiger partial charge in [0, 0.05) is 9.68 Å². The number of rotatable bonds is 5. The van der Waals surface area contributed by atoms with Gasteiger partial charge in [0.2, 0.25) is 0 Å². The molecule has 1 heterocycles. The number of nitrogens with zero attached hydrogens (tertiary/aromatic N) is 2. The van der Waals surface area contributed by atoms with Gasteiger partial charge in [-0.05, 0) is 60.5 Å². The molecule has 0 N–H and O–H groups in total. The molecule has 0 radical (unpaired) electrons. The van der Waals surface area contributed by atoms with Gasteiger partial charge >= 0.3 is 0 Å². The molecule has 0 amide bonds. The van der Waals surface area contributed by atoms with Crippen molar-refractivity contribution in [3.8, 4) is 11.4 Å². The Morgan fingerprint density at radius 3 is 2.19 bits per heavy atom. The molecule has 0 atom stereocenters. The van der Waals surface area contributed by atoms with Crippen molar-refractivity contribution in [3.05, 3.63) is 88.5 Å². The van der Waals surface area contributed by atoms with Gasteiger partial charge in [0.15, 0.2) is 11.0 Å². The highest BCUT2D eigenvalue weighted by Gasteiger charge is 2.27. The van der Waals surface area contributed by atoms with E-state index in [0.717, 1.165) is 29.0 Å². The summed E-state index contributed by atoms with van der Waals surface area (Å²) in [6.07, 6.45) is 0. The van der Waals surface area contributed by atoms with Crippen LogP contribution < -0.4 is 4.57 Å². The molecule has 0 spiro atoms. The number of fused-ring (bicyclic) bond motifs is 1. The average Bonchev–Trinajstić information content (AvgIpc) is 3.04. The summed E-state index contributed by atoms with van der Waals surface area (Å²) in [5.41, 5.74) is 8.88. The van der Waals surface area contributed by atoms with Crippen molar-refractivity contribution in [2.45, 2.75) is 59.9 Å². The van der Waals surface area contributed by atoms with Crippen molar-refractivity contribution in [1.82, 2.24) is 4.57 Å². The third-order valence-corrected chi connectivity index (χ3v) is 6.38. The Hall–Kier alpha value is -2.87. The minimum absolute atomic E-state index is 0.381. The van der Waals surface area contributed by atoms with E-state index in [1.54, 1.807) is 6.07 Å². The maximum Gasteiger partial charge on any atom is 0.290 e. The lowest BCUT2D eigenvalue weighted by molar-refractivity contribution is -0.634. The normalized spacial score (nSPS) is 13.6. The first-order chi connectivity index (χ1) is 16.0. The summed E-state index contributed by atoms with van der Waals surface area (Å²) in [6, 6.07) is 20.7. The zero-order chi connectivity index (χ0) is 24.8. The van der Waals surface area contributed by atoms with Crippen LogP contribution in [-0.2, 0) is 13.6 Å². The molecule has 4 aromatic rings. The lowest BCUT2D eigenvalue weighted by Gasteiger charge is -2.19. The second-order valence-electron chi connectivity index (χ2n) is 9.21. The minimum Gasteiger partial charge on any atom is -0.226 e. The molecule has 0 bridgehead atoms. The van der Waals surface area contributed by atoms with Crippen LogP contribution in [0, 0.1) is 13.8 Å². The maximum atomic E-state index is 7.82. The highest BCUT2D eigenvalue weighted by atomic mass is 15.2. The quantitative estimate of drug-likeness (QED) is 0.310. The number of hydrogen-bond donors (Lipinski definition) is 0. The number of benzene rings is 3. The molecule has 1 aromatic heterocycles. The maximum absolute atomic E-state index is 7.82. The second kappa shape index (κ2) is 8.34. The van der Waals surface area contributed by atoms with E-state index in [0.29, 0.717) is 17.4 Å². The zero-order valence-electron chi connectivity index (χ0n) is 22.5. The molecular formula is C29H35N2+.